The number of anilines is 1. The lowest BCUT2D eigenvalue weighted by Gasteiger charge is -2.06. The van der Waals surface area contributed by atoms with E-state index in [-0.39, 0.29) is 18.1 Å². The maximum absolute atomic E-state index is 13.1. The molecule has 1 amide bonds. The molecule has 0 spiro atoms. The third-order valence-electron chi connectivity index (χ3n) is 3.35. The van der Waals surface area contributed by atoms with Crippen LogP contribution in [0.5, 0.6) is 0 Å². The number of nitrogens with one attached hydrogen (secondary N) is 1. The third kappa shape index (κ3) is 3.99. The van der Waals surface area contributed by atoms with E-state index in [9.17, 15) is 9.18 Å². The van der Waals surface area contributed by atoms with Crippen molar-refractivity contribution in [1.82, 2.24) is 4.98 Å². The molecule has 0 bridgehead atoms. The van der Waals surface area contributed by atoms with Crippen LogP contribution in [0.15, 0.2) is 48.5 Å². The van der Waals surface area contributed by atoms with Crippen LogP contribution in [0, 0.1) is 12.7 Å². The smallest absolute Gasteiger partial charge is 0.229 e. The molecule has 0 fully saturated rings. The number of benzene rings is 2. The van der Waals surface area contributed by atoms with Crippen LogP contribution in [0.4, 0.5) is 10.1 Å². The Kier molecular flexibility index (Phi) is 4.92. The van der Waals surface area contributed by atoms with E-state index in [1.54, 1.807) is 36.4 Å². The van der Waals surface area contributed by atoms with Gasteiger partial charge in [-0.2, -0.15) is 0 Å². The Morgan fingerprint density at radius 1 is 1.25 bits per heavy atom. The molecule has 6 heteroatoms. The summed E-state index contributed by atoms with van der Waals surface area (Å²) in [6, 6.07) is 13.1. The number of nitrogens with zero attached hydrogens (tertiary/aromatic N) is 1. The van der Waals surface area contributed by atoms with E-state index in [4.69, 9.17) is 11.6 Å². The number of hydrogen-bond donors (Lipinski definition) is 1. The van der Waals surface area contributed by atoms with Crippen molar-refractivity contribution in [3.63, 3.8) is 0 Å². The van der Waals surface area contributed by atoms with Gasteiger partial charge in [0.2, 0.25) is 5.91 Å². The highest BCUT2D eigenvalue weighted by molar-refractivity contribution is 7.12. The lowest BCUT2D eigenvalue weighted by molar-refractivity contribution is -0.115. The molecule has 1 N–H and O–H groups in total. The van der Waals surface area contributed by atoms with E-state index in [0.717, 1.165) is 21.1 Å². The highest BCUT2D eigenvalue weighted by Crippen LogP contribution is 2.29. The summed E-state index contributed by atoms with van der Waals surface area (Å²) in [6.45, 7) is 1.88. The average Bonchev–Trinajstić information content (AvgIpc) is 2.88. The second-order valence-corrected chi connectivity index (χ2v) is 6.97. The highest BCUT2D eigenvalue weighted by atomic mass is 35.5. The van der Waals surface area contributed by atoms with Crippen LogP contribution in [-0.2, 0) is 11.2 Å². The molecule has 122 valence electrons. The molecular weight excluding hydrogens is 347 g/mol. The Morgan fingerprint density at radius 2 is 2.00 bits per heavy atom. The van der Waals surface area contributed by atoms with Gasteiger partial charge in [-0.05, 0) is 49.4 Å². The Bertz CT molecular complexity index is 877. The fourth-order valence-corrected chi connectivity index (χ4v) is 3.49. The molecule has 0 aliphatic carbocycles. The molecule has 3 nitrogen and oxygen atoms in total. The molecule has 24 heavy (non-hydrogen) atoms. The zero-order chi connectivity index (χ0) is 17.1. The SMILES string of the molecule is Cc1nc(-c2ccc(F)cc2)c(CC(=O)Nc2cccc(Cl)c2)s1. The Labute approximate surface area is 148 Å². The van der Waals surface area contributed by atoms with Gasteiger partial charge in [0, 0.05) is 21.2 Å². The van der Waals surface area contributed by atoms with Crippen LogP contribution < -0.4 is 5.32 Å². The number of hydrogen-bond acceptors (Lipinski definition) is 3. The largest absolute Gasteiger partial charge is 0.326 e. The van der Waals surface area contributed by atoms with Gasteiger partial charge in [0.05, 0.1) is 17.1 Å². The van der Waals surface area contributed by atoms with Crippen molar-refractivity contribution in [3.05, 3.63) is 69.3 Å². The number of rotatable bonds is 4. The van der Waals surface area contributed by atoms with E-state index < -0.39 is 0 Å². The summed E-state index contributed by atoms with van der Waals surface area (Å²) < 4.78 is 13.1. The quantitative estimate of drug-likeness (QED) is 0.704. The summed E-state index contributed by atoms with van der Waals surface area (Å²) in [5.41, 5.74) is 2.17. The summed E-state index contributed by atoms with van der Waals surface area (Å²) in [7, 11) is 0. The van der Waals surface area contributed by atoms with Gasteiger partial charge in [-0.3, -0.25) is 4.79 Å². The van der Waals surface area contributed by atoms with E-state index in [0.29, 0.717) is 10.7 Å². The van der Waals surface area contributed by atoms with Crippen molar-refractivity contribution < 1.29 is 9.18 Å². The van der Waals surface area contributed by atoms with Gasteiger partial charge in [-0.15, -0.1) is 11.3 Å². The zero-order valence-electron chi connectivity index (χ0n) is 12.8. The minimum atomic E-state index is -0.300. The molecule has 1 aromatic heterocycles. The monoisotopic (exact) mass is 360 g/mol. The first-order chi connectivity index (χ1) is 11.5. The molecule has 0 aliphatic rings. The summed E-state index contributed by atoms with van der Waals surface area (Å²) >= 11 is 7.38. The van der Waals surface area contributed by atoms with E-state index in [1.807, 2.05) is 6.92 Å². The fourth-order valence-electron chi connectivity index (χ4n) is 2.34. The van der Waals surface area contributed by atoms with Crippen molar-refractivity contribution in [2.75, 3.05) is 5.32 Å². The molecule has 0 saturated heterocycles. The first-order valence-electron chi connectivity index (χ1n) is 7.29. The lowest BCUT2D eigenvalue weighted by Crippen LogP contribution is -2.14. The first-order valence-corrected chi connectivity index (χ1v) is 8.48. The van der Waals surface area contributed by atoms with Crippen LogP contribution in [0.2, 0.25) is 5.02 Å². The molecule has 1 heterocycles. The zero-order valence-corrected chi connectivity index (χ0v) is 14.4. The number of halogens is 2. The number of carbonyl (C=O) groups is 1. The summed E-state index contributed by atoms with van der Waals surface area (Å²) in [5, 5.41) is 4.25. The maximum atomic E-state index is 13.1. The van der Waals surface area contributed by atoms with Gasteiger partial charge < -0.3 is 5.32 Å². The fraction of sp³-hybridized carbons (Fsp3) is 0.111. The van der Waals surface area contributed by atoms with Gasteiger partial charge in [-0.25, -0.2) is 9.37 Å². The van der Waals surface area contributed by atoms with Crippen LogP contribution in [0.25, 0.3) is 11.3 Å². The summed E-state index contributed by atoms with van der Waals surface area (Å²) in [4.78, 5) is 17.6. The van der Waals surface area contributed by atoms with Gasteiger partial charge in [-0.1, -0.05) is 17.7 Å². The van der Waals surface area contributed by atoms with Crippen LogP contribution in [0.3, 0.4) is 0 Å². The van der Waals surface area contributed by atoms with E-state index >= 15 is 0 Å². The Balaban J connectivity index is 1.80. The predicted molar refractivity (Wildman–Crippen MR) is 96.0 cm³/mol. The van der Waals surface area contributed by atoms with Gasteiger partial charge in [0.1, 0.15) is 5.82 Å². The Hall–Kier alpha value is -2.24. The second kappa shape index (κ2) is 7.11. The molecule has 3 aromatic rings. The average molecular weight is 361 g/mol. The van der Waals surface area contributed by atoms with Crippen molar-refractivity contribution in [2.24, 2.45) is 0 Å². The molecule has 0 radical (unpaired) electrons. The van der Waals surface area contributed by atoms with E-state index in [1.165, 1.54) is 23.5 Å². The number of amides is 1. The van der Waals surface area contributed by atoms with Gasteiger partial charge in [0.25, 0.3) is 0 Å². The molecule has 3 rings (SSSR count). The van der Waals surface area contributed by atoms with Crippen LogP contribution in [-0.4, -0.2) is 10.9 Å². The van der Waals surface area contributed by atoms with Crippen LogP contribution >= 0.6 is 22.9 Å². The number of aromatic nitrogens is 1. The topological polar surface area (TPSA) is 42.0 Å². The summed E-state index contributed by atoms with van der Waals surface area (Å²) in [5.74, 6) is -0.449. The molecular formula is C18H14ClFN2OS. The predicted octanol–water partition coefficient (Wildman–Crippen LogP) is 5.09. The molecule has 0 atom stereocenters. The van der Waals surface area contributed by atoms with E-state index in [2.05, 4.69) is 10.3 Å². The second-order valence-electron chi connectivity index (χ2n) is 5.25. The lowest BCUT2D eigenvalue weighted by atomic mass is 10.1. The highest BCUT2D eigenvalue weighted by Gasteiger charge is 2.15. The summed E-state index contributed by atoms with van der Waals surface area (Å²) in [6.07, 6.45) is 0.199. The maximum Gasteiger partial charge on any atom is 0.229 e. The number of aryl methyl sites for hydroxylation is 1. The van der Waals surface area contributed by atoms with Crippen molar-refractivity contribution >= 4 is 34.5 Å². The van der Waals surface area contributed by atoms with Gasteiger partial charge >= 0.3 is 0 Å². The van der Waals surface area contributed by atoms with Crippen molar-refractivity contribution in [1.29, 1.82) is 0 Å². The van der Waals surface area contributed by atoms with Crippen molar-refractivity contribution in [2.45, 2.75) is 13.3 Å². The van der Waals surface area contributed by atoms with Crippen LogP contribution in [0.1, 0.15) is 9.88 Å². The van der Waals surface area contributed by atoms with Gasteiger partial charge in [0.15, 0.2) is 0 Å². The minimum Gasteiger partial charge on any atom is -0.326 e. The normalized spacial score (nSPS) is 10.6. The standard InChI is InChI=1S/C18H14ClFN2OS/c1-11-21-18(12-5-7-14(20)8-6-12)16(24-11)10-17(23)22-15-4-2-3-13(19)9-15/h2-9H,10H2,1H3,(H,22,23). The molecule has 0 unspecified atom stereocenters. The first kappa shape index (κ1) is 16.6. The molecule has 0 saturated carbocycles. The number of carbonyl (C=O) groups excluding carboxylic acids is 1. The Morgan fingerprint density at radius 3 is 2.71 bits per heavy atom. The third-order valence-corrected chi connectivity index (χ3v) is 4.56. The molecule has 0 aliphatic heterocycles. The van der Waals surface area contributed by atoms with Crippen molar-refractivity contribution in [3.8, 4) is 11.3 Å². The number of thiazole rings is 1. The minimum absolute atomic E-state index is 0.149. The molecule has 2 aromatic carbocycles.